The summed E-state index contributed by atoms with van der Waals surface area (Å²) >= 11 is 0. The highest BCUT2D eigenvalue weighted by molar-refractivity contribution is 5.88. The van der Waals surface area contributed by atoms with Crippen molar-refractivity contribution in [3.8, 4) is 0 Å². The number of rotatable bonds is 0. The molecule has 0 radical (unpaired) electrons. The molecule has 1 saturated heterocycles. The van der Waals surface area contributed by atoms with Gasteiger partial charge in [0.1, 0.15) is 6.17 Å². The SMILES string of the molecule is Cc1ccc2c(c1)C(C)(C)C1NC(=O)CN21. The van der Waals surface area contributed by atoms with Gasteiger partial charge < -0.3 is 10.2 Å². The number of hydrogen-bond donors (Lipinski definition) is 1. The van der Waals surface area contributed by atoms with Crippen LogP contribution in [0.5, 0.6) is 0 Å². The number of benzene rings is 1. The fourth-order valence-corrected chi connectivity index (χ4v) is 2.88. The van der Waals surface area contributed by atoms with E-state index in [1.54, 1.807) is 0 Å². The Morgan fingerprint density at radius 3 is 2.94 bits per heavy atom. The van der Waals surface area contributed by atoms with Crippen molar-refractivity contribution in [2.45, 2.75) is 32.4 Å². The number of hydrogen-bond acceptors (Lipinski definition) is 2. The lowest BCUT2D eigenvalue weighted by atomic mass is 9.83. The fraction of sp³-hybridized carbons (Fsp3) is 0.462. The maximum absolute atomic E-state index is 11.5. The molecule has 1 fully saturated rings. The van der Waals surface area contributed by atoms with Crippen LogP contribution in [0.15, 0.2) is 18.2 Å². The van der Waals surface area contributed by atoms with Crippen LogP contribution in [0.2, 0.25) is 0 Å². The van der Waals surface area contributed by atoms with Crippen LogP contribution in [-0.4, -0.2) is 18.6 Å². The van der Waals surface area contributed by atoms with Gasteiger partial charge in [-0.05, 0) is 18.6 Å². The molecule has 3 heteroatoms. The second-order valence-electron chi connectivity index (χ2n) is 5.34. The molecular formula is C13H16N2O. The van der Waals surface area contributed by atoms with Gasteiger partial charge in [-0.3, -0.25) is 4.79 Å². The molecule has 1 unspecified atom stereocenters. The zero-order valence-corrected chi connectivity index (χ0v) is 9.87. The lowest BCUT2D eigenvalue weighted by Crippen LogP contribution is -2.44. The molecule has 2 aliphatic heterocycles. The van der Waals surface area contributed by atoms with Crippen molar-refractivity contribution in [1.29, 1.82) is 0 Å². The number of amides is 1. The molecular weight excluding hydrogens is 200 g/mol. The predicted octanol–water partition coefficient (Wildman–Crippen LogP) is 1.55. The van der Waals surface area contributed by atoms with E-state index in [4.69, 9.17) is 0 Å². The van der Waals surface area contributed by atoms with Crippen LogP contribution < -0.4 is 10.2 Å². The van der Waals surface area contributed by atoms with Gasteiger partial charge in [0.15, 0.2) is 0 Å². The van der Waals surface area contributed by atoms with Crippen LogP contribution in [0.3, 0.4) is 0 Å². The second kappa shape index (κ2) is 2.78. The average Bonchev–Trinajstić information content (AvgIpc) is 2.67. The molecule has 0 bridgehead atoms. The Hall–Kier alpha value is -1.51. The van der Waals surface area contributed by atoms with Gasteiger partial charge >= 0.3 is 0 Å². The molecule has 16 heavy (non-hydrogen) atoms. The van der Waals surface area contributed by atoms with Crippen LogP contribution in [-0.2, 0) is 10.2 Å². The lowest BCUT2D eigenvalue weighted by Gasteiger charge is -2.27. The van der Waals surface area contributed by atoms with E-state index in [1.807, 2.05) is 0 Å². The van der Waals surface area contributed by atoms with Gasteiger partial charge in [-0.25, -0.2) is 0 Å². The highest BCUT2D eigenvalue weighted by atomic mass is 16.2. The van der Waals surface area contributed by atoms with Gasteiger partial charge in [0.05, 0.1) is 6.54 Å². The van der Waals surface area contributed by atoms with E-state index >= 15 is 0 Å². The number of nitrogens with zero attached hydrogens (tertiary/aromatic N) is 1. The van der Waals surface area contributed by atoms with Crippen molar-refractivity contribution < 1.29 is 4.79 Å². The molecule has 0 aromatic heterocycles. The first-order valence-corrected chi connectivity index (χ1v) is 5.67. The van der Waals surface area contributed by atoms with Crippen molar-refractivity contribution in [2.24, 2.45) is 0 Å². The summed E-state index contributed by atoms with van der Waals surface area (Å²) in [5, 5.41) is 3.06. The largest absolute Gasteiger partial charge is 0.341 e. The maximum atomic E-state index is 11.5. The number of anilines is 1. The average molecular weight is 216 g/mol. The van der Waals surface area contributed by atoms with Crippen molar-refractivity contribution in [3.63, 3.8) is 0 Å². The van der Waals surface area contributed by atoms with Crippen LogP contribution in [0.1, 0.15) is 25.0 Å². The molecule has 3 rings (SSSR count). The minimum Gasteiger partial charge on any atom is -0.341 e. The van der Waals surface area contributed by atoms with Gasteiger partial charge in [-0.15, -0.1) is 0 Å². The van der Waals surface area contributed by atoms with Crippen LogP contribution in [0.4, 0.5) is 5.69 Å². The van der Waals surface area contributed by atoms with E-state index in [-0.39, 0.29) is 17.5 Å². The van der Waals surface area contributed by atoms with E-state index in [1.165, 1.54) is 16.8 Å². The topological polar surface area (TPSA) is 32.3 Å². The Labute approximate surface area is 95.4 Å². The predicted molar refractivity (Wildman–Crippen MR) is 63.5 cm³/mol. The summed E-state index contributed by atoms with van der Waals surface area (Å²) in [5.74, 6) is 0.129. The number of aryl methyl sites for hydroxylation is 1. The number of carbonyl (C=O) groups excluding carboxylic acids is 1. The van der Waals surface area contributed by atoms with Crippen LogP contribution in [0, 0.1) is 6.92 Å². The zero-order valence-electron chi connectivity index (χ0n) is 9.87. The molecule has 0 aliphatic carbocycles. The molecule has 1 aromatic rings. The first-order valence-electron chi connectivity index (χ1n) is 5.67. The summed E-state index contributed by atoms with van der Waals surface area (Å²) in [6, 6.07) is 6.48. The van der Waals surface area contributed by atoms with Crippen molar-refractivity contribution in [3.05, 3.63) is 29.3 Å². The number of nitrogens with one attached hydrogen (secondary N) is 1. The normalized spacial score (nSPS) is 25.3. The number of fused-ring (bicyclic) bond motifs is 3. The van der Waals surface area contributed by atoms with Gasteiger partial charge in [-0.2, -0.15) is 0 Å². The minimum absolute atomic E-state index is 0.00644. The fourth-order valence-electron chi connectivity index (χ4n) is 2.88. The monoisotopic (exact) mass is 216 g/mol. The summed E-state index contributed by atoms with van der Waals surface area (Å²) in [5.41, 5.74) is 3.82. The van der Waals surface area contributed by atoms with Gasteiger partial charge in [-0.1, -0.05) is 31.5 Å². The zero-order chi connectivity index (χ0) is 11.5. The Bertz CT molecular complexity index is 479. The second-order valence-corrected chi connectivity index (χ2v) is 5.34. The van der Waals surface area contributed by atoms with E-state index in [0.29, 0.717) is 6.54 Å². The molecule has 1 amide bonds. The molecule has 84 valence electrons. The molecule has 0 spiro atoms. The molecule has 1 aromatic carbocycles. The number of carbonyl (C=O) groups is 1. The molecule has 2 aliphatic rings. The van der Waals surface area contributed by atoms with E-state index in [9.17, 15) is 4.79 Å². The van der Waals surface area contributed by atoms with Crippen molar-refractivity contribution in [2.75, 3.05) is 11.4 Å². The Kier molecular flexibility index (Phi) is 1.69. The third-order valence-corrected chi connectivity index (χ3v) is 3.76. The quantitative estimate of drug-likeness (QED) is 0.713. The van der Waals surface area contributed by atoms with Gasteiger partial charge in [0, 0.05) is 11.1 Å². The first kappa shape index (κ1) is 9.70. The highest BCUT2D eigenvalue weighted by Gasteiger charge is 2.49. The molecule has 0 saturated carbocycles. The summed E-state index contributed by atoms with van der Waals surface area (Å²) in [6.45, 7) is 6.99. The van der Waals surface area contributed by atoms with Crippen LogP contribution >= 0.6 is 0 Å². The summed E-state index contributed by atoms with van der Waals surface area (Å²) in [6.07, 6.45) is 0.122. The minimum atomic E-state index is -0.00644. The van der Waals surface area contributed by atoms with E-state index in [0.717, 1.165) is 0 Å². The smallest absolute Gasteiger partial charge is 0.241 e. The van der Waals surface area contributed by atoms with Gasteiger partial charge in [0.25, 0.3) is 0 Å². The summed E-state index contributed by atoms with van der Waals surface area (Å²) in [4.78, 5) is 13.6. The van der Waals surface area contributed by atoms with Crippen LogP contribution in [0.25, 0.3) is 0 Å². The Morgan fingerprint density at radius 1 is 1.44 bits per heavy atom. The highest BCUT2D eigenvalue weighted by Crippen LogP contribution is 2.45. The van der Waals surface area contributed by atoms with Gasteiger partial charge in [0.2, 0.25) is 5.91 Å². The Morgan fingerprint density at radius 2 is 2.19 bits per heavy atom. The van der Waals surface area contributed by atoms with E-state index < -0.39 is 0 Å². The first-order chi connectivity index (χ1) is 7.50. The molecule has 1 N–H and O–H groups in total. The standard InChI is InChI=1S/C13H16N2O/c1-8-4-5-10-9(6-8)13(2,3)12-14-11(16)7-15(10)12/h4-6,12H,7H2,1-3H3,(H,14,16). The summed E-state index contributed by atoms with van der Waals surface area (Å²) in [7, 11) is 0. The maximum Gasteiger partial charge on any atom is 0.241 e. The van der Waals surface area contributed by atoms with Crippen molar-refractivity contribution >= 4 is 11.6 Å². The third-order valence-electron chi connectivity index (χ3n) is 3.76. The summed E-state index contributed by atoms with van der Waals surface area (Å²) < 4.78 is 0. The molecule has 1 atom stereocenters. The van der Waals surface area contributed by atoms with E-state index in [2.05, 4.69) is 49.2 Å². The Balaban J connectivity index is 2.18. The molecule has 2 heterocycles. The third kappa shape index (κ3) is 1.06. The molecule has 3 nitrogen and oxygen atoms in total. The lowest BCUT2D eigenvalue weighted by molar-refractivity contribution is -0.118. The van der Waals surface area contributed by atoms with Crippen molar-refractivity contribution in [1.82, 2.24) is 5.32 Å².